The third-order valence-electron chi connectivity index (χ3n) is 2.39. The molecule has 1 saturated heterocycles. The molecule has 3 amide bonds. The lowest BCUT2D eigenvalue weighted by Gasteiger charge is -2.19. The lowest BCUT2D eigenvalue weighted by Crippen LogP contribution is -2.41. The van der Waals surface area contributed by atoms with E-state index in [-0.39, 0.29) is 10.4 Å². The van der Waals surface area contributed by atoms with Gasteiger partial charge in [0.1, 0.15) is 10.4 Å². The predicted molar refractivity (Wildman–Crippen MR) is 57.6 cm³/mol. The highest BCUT2D eigenvalue weighted by atomic mass is 79.9. The first kappa shape index (κ1) is 10.9. The molecule has 0 radical (unpaired) electrons. The fourth-order valence-electron chi connectivity index (χ4n) is 1.43. The second-order valence-electron chi connectivity index (χ2n) is 3.54. The van der Waals surface area contributed by atoms with Crippen LogP contribution in [0.2, 0.25) is 0 Å². The molecule has 3 N–H and O–H groups in total. The van der Waals surface area contributed by atoms with Crippen LogP contribution in [-0.4, -0.2) is 22.0 Å². The van der Waals surface area contributed by atoms with Gasteiger partial charge in [-0.25, -0.2) is 9.78 Å². The van der Waals surface area contributed by atoms with E-state index in [4.69, 9.17) is 0 Å². The Labute approximate surface area is 99.2 Å². The number of urea groups is 1. The van der Waals surface area contributed by atoms with Gasteiger partial charge in [-0.05, 0) is 35.0 Å². The Kier molecular flexibility index (Phi) is 2.34. The largest absolute Gasteiger partial charge is 0.505 e. The van der Waals surface area contributed by atoms with Crippen molar-refractivity contribution in [3.05, 3.63) is 22.4 Å². The van der Waals surface area contributed by atoms with Crippen molar-refractivity contribution in [2.75, 3.05) is 0 Å². The van der Waals surface area contributed by atoms with Crippen LogP contribution in [0.4, 0.5) is 4.79 Å². The summed E-state index contributed by atoms with van der Waals surface area (Å²) in [5.74, 6) is -0.500. The molecule has 84 valence electrons. The topological polar surface area (TPSA) is 91.3 Å². The van der Waals surface area contributed by atoms with E-state index in [1.165, 1.54) is 12.1 Å². The molecule has 1 aromatic rings. The van der Waals surface area contributed by atoms with Crippen LogP contribution < -0.4 is 10.6 Å². The molecule has 0 saturated carbocycles. The van der Waals surface area contributed by atoms with Crippen molar-refractivity contribution in [3.63, 3.8) is 0 Å². The first-order valence-electron chi connectivity index (χ1n) is 4.43. The number of hydrogen-bond acceptors (Lipinski definition) is 4. The minimum atomic E-state index is -1.20. The standard InChI is InChI=1S/C9H8BrN3O3/c1-9(7(15)12-8(16)13-9)5-3-2-4(14)6(10)11-5/h2-3,14H,1H3,(H2,12,13,15,16). The van der Waals surface area contributed by atoms with Crippen LogP contribution in [0.1, 0.15) is 12.6 Å². The SMILES string of the molecule is CC1(c2ccc(O)c(Br)n2)NC(=O)NC1=O. The molecule has 1 aromatic heterocycles. The number of hydrogen-bond donors (Lipinski definition) is 3. The second-order valence-corrected chi connectivity index (χ2v) is 4.29. The quantitative estimate of drug-likeness (QED) is 0.521. The number of imide groups is 1. The van der Waals surface area contributed by atoms with Crippen LogP contribution in [-0.2, 0) is 10.3 Å². The fourth-order valence-corrected chi connectivity index (χ4v) is 1.75. The number of halogens is 1. The number of nitrogens with zero attached hydrogens (tertiary/aromatic N) is 1. The Morgan fingerprint density at radius 2 is 2.12 bits per heavy atom. The number of amides is 3. The van der Waals surface area contributed by atoms with Gasteiger partial charge < -0.3 is 10.4 Å². The number of rotatable bonds is 1. The molecule has 16 heavy (non-hydrogen) atoms. The number of carbonyl (C=O) groups excluding carboxylic acids is 2. The van der Waals surface area contributed by atoms with Crippen LogP contribution in [0, 0.1) is 0 Å². The van der Waals surface area contributed by atoms with Crippen molar-refractivity contribution in [1.82, 2.24) is 15.6 Å². The summed E-state index contributed by atoms with van der Waals surface area (Å²) in [5.41, 5.74) is -0.853. The Morgan fingerprint density at radius 1 is 1.44 bits per heavy atom. The Bertz CT molecular complexity index is 491. The molecule has 1 fully saturated rings. The van der Waals surface area contributed by atoms with Crippen molar-refractivity contribution in [3.8, 4) is 5.75 Å². The molecule has 2 heterocycles. The van der Waals surface area contributed by atoms with Crippen molar-refractivity contribution < 1.29 is 14.7 Å². The second kappa shape index (κ2) is 3.44. The average Bonchev–Trinajstić information content (AvgIpc) is 2.46. The highest BCUT2D eigenvalue weighted by Gasteiger charge is 2.44. The molecule has 1 aliphatic rings. The van der Waals surface area contributed by atoms with Crippen molar-refractivity contribution in [2.24, 2.45) is 0 Å². The van der Waals surface area contributed by atoms with Crippen LogP contribution in [0.3, 0.4) is 0 Å². The van der Waals surface area contributed by atoms with Gasteiger partial charge in [0.2, 0.25) is 0 Å². The summed E-state index contributed by atoms with van der Waals surface area (Å²) in [6, 6.07) is 2.32. The summed E-state index contributed by atoms with van der Waals surface area (Å²) in [5, 5.41) is 13.9. The summed E-state index contributed by atoms with van der Waals surface area (Å²) >= 11 is 3.05. The molecule has 0 aromatic carbocycles. The first-order valence-corrected chi connectivity index (χ1v) is 5.22. The maximum Gasteiger partial charge on any atom is 0.322 e. The molecule has 6 nitrogen and oxygen atoms in total. The highest BCUT2D eigenvalue weighted by molar-refractivity contribution is 9.10. The monoisotopic (exact) mass is 285 g/mol. The number of aromatic nitrogens is 1. The zero-order chi connectivity index (χ0) is 11.9. The minimum absolute atomic E-state index is 0.0305. The van der Waals surface area contributed by atoms with Gasteiger partial charge in [-0.1, -0.05) is 0 Å². The molecular formula is C9H8BrN3O3. The number of nitrogens with one attached hydrogen (secondary N) is 2. The van der Waals surface area contributed by atoms with Gasteiger partial charge in [-0.3, -0.25) is 10.1 Å². The van der Waals surface area contributed by atoms with Gasteiger partial charge >= 0.3 is 6.03 Å². The zero-order valence-electron chi connectivity index (χ0n) is 8.24. The van der Waals surface area contributed by atoms with E-state index in [0.717, 1.165) is 0 Å². The predicted octanol–water partition coefficient (Wildman–Crippen LogP) is 0.604. The Balaban J connectivity index is 2.47. The third kappa shape index (κ3) is 1.53. The van der Waals surface area contributed by atoms with Gasteiger partial charge in [0.15, 0.2) is 5.54 Å². The maximum atomic E-state index is 11.6. The molecule has 2 rings (SSSR count). The van der Waals surface area contributed by atoms with E-state index in [1.807, 2.05) is 0 Å². The van der Waals surface area contributed by atoms with Crippen molar-refractivity contribution in [1.29, 1.82) is 0 Å². The minimum Gasteiger partial charge on any atom is -0.505 e. The van der Waals surface area contributed by atoms with Crippen molar-refractivity contribution >= 4 is 27.9 Å². The average molecular weight is 286 g/mol. The van der Waals surface area contributed by atoms with E-state index in [2.05, 4.69) is 31.5 Å². The van der Waals surface area contributed by atoms with E-state index < -0.39 is 17.5 Å². The molecule has 1 unspecified atom stereocenters. The molecule has 0 bridgehead atoms. The van der Waals surface area contributed by atoms with Gasteiger partial charge in [-0.2, -0.15) is 0 Å². The van der Waals surface area contributed by atoms with Crippen molar-refractivity contribution in [2.45, 2.75) is 12.5 Å². The summed E-state index contributed by atoms with van der Waals surface area (Å²) in [6.07, 6.45) is 0. The maximum absolute atomic E-state index is 11.6. The summed E-state index contributed by atoms with van der Waals surface area (Å²) < 4.78 is 0.222. The normalized spacial score (nSPS) is 24.1. The zero-order valence-corrected chi connectivity index (χ0v) is 9.83. The van der Waals surface area contributed by atoms with Crippen LogP contribution in [0.5, 0.6) is 5.75 Å². The fraction of sp³-hybridized carbons (Fsp3) is 0.222. The molecule has 7 heteroatoms. The summed E-state index contributed by atoms with van der Waals surface area (Å²) in [4.78, 5) is 26.7. The molecule has 1 atom stereocenters. The number of aromatic hydroxyl groups is 1. The third-order valence-corrected chi connectivity index (χ3v) is 2.97. The van der Waals surface area contributed by atoms with Gasteiger partial charge in [0.05, 0.1) is 5.69 Å². The van der Waals surface area contributed by atoms with Crippen LogP contribution in [0.15, 0.2) is 16.7 Å². The number of pyridine rings is 1. The lowest BCUT2D eigenvalue weighted by atomic mass is 9.98. The highest BCUT2D eigenvalue weighted by Crippen LogP contribution is 2.28. The van der Waals surface area contributed by atoms with E-state index in [0.29, 0.717) is 5.69 Å². The van der Waals surface area contributed by atoms with Crippen LogP contribution >= 0.6 is 15.9 Å². The molecule has 1 aliphatic heterocycles. The first-order chi connectivity index (χ1) is 7.43. The molecular weight excluding hydrogens is 278 g/mol. The van der Waals surface area contributed by atoms with Crippen LogP contribution in [0.25, 0.3) is 0 Å². The summed E-state index contributed by atoms with van der Waals surface area (Å²) in [6.45, 7) is 1.54. The molecule has 0 spiro atoms. The van der Waals surface area contributed by atoms with Gasteiger partial charge in [0.25, 0.3) is 5.91 Å². The van der Waals surface area contributed by atoms with Gasteiger partial charge in [0, 0.05) is 0 Å². The van der Waals surface area contributed by atoms with E-state index in [1.54, 1.807) is 6.92 Å². The van der Waals surface area contributed by atoms with E-state index in [9.17, 15) is 14.7 Å². The van der Waals surface area contributed by atoms with E-state index >= 15 is 0 Å². The smallest absolute Gasteiger partial charge is 0.322 e. The Morgan fingerprint density at radius 3 is 2.62 bits per heavy atom. The summed E-state index contributed by atoms with van der Waals surface area (Å²) in [7, 11) is 0. The number of carbonyl (C=O) groups is 2. The Hall–Kier alpha value is -1.63. The molecule has 0 aliphatic carbocycles. The lowest BCUT2D eigenvalue weighted by molar-refractivity contribution is -0.123. The van der Waals surface area contributed by atoms with Gasteiger partial charge in [-0.15, -0.1) is 0 Å².